The molecule has 0 unspecified atom stereocenters. The van der Waals surface area contributed by atoms with E-state index in [-0.39, 0.29) is 11.8 Å². The smallest absolute Gasteiger partial charge is 0.250 e. The van der Waals surface area contributed by atoms with Crippen molar-refractivity contribution in [3.8, 4) is 0 Å². The predicted octanol–water partition coefficient (Wildman–Crippen LogP) is 3.45. The van der Waals surface area contributed by atoms with E-state index in [0.717, 1.165) is 10.3 Å². The van der Waals surface area contributed by atoms with Crippen LogP contribution in [0.3, 0.4) is 0 Å². The SMILES string of the molecule is CC(C)C(=O)N=c1sc2cc(C(C)C)ccc2n1C. The van der Waals surface area contributed by atoms with Gasteiger partial charge < -0.3 is 4.57 Å². The molecule has 0 atom stereocenters. The molecule has 0 saturated carbocycles. The Morgan fingerprint density at radius 2 is 1.95 bits per heavy atom. The number of nitrogens with zero attached hydrogens (tertiary/aromatic N) is 2. The minimum atomic E-state index is -0.0637. The molecule has 1 aromatic heterocycles. The van der Waals surface area contributed by atoms with Crippen molar-refractivity contribution in [3.05, 3.63) is 28.6 Å². The third-order valence-electron chi connectivity index (χ3n) is 3.20. The van der Waals surface area contributed by atoms with Crippen molar-refractivity contribution >= 4 is 27.5 Å². The minimum absolute atomic E-state index is 0.0589. The van der Waals surface area contributed by atoms with E-state index >= 15 is 0 Å². The molecule has 4 heteroatoms. The molecule has 1 aromatic carbocycles. The number of hydrogen-bond acceptors (Lipinski definition) is 2. The number of aromatic nitrogens is 1. The molecule has 0 N–H and O–H groups in total. The second-order valence-corrected chi connectivity index (χ2v) is 6.44. The molecule has 0 saturated heterocycles. The third kappa shape index (κ3) is 2.78. The molecule has 0 aliphatic heterocycles. The van der Waals surface area contributed by atoms with E-state index in [4.69, 9.17) is 0 Å². The van der Waals surface area contributed by atoms with Gasteiger partial charge in [0, 0.05) is 13.0 Å². The zero-order valence-corrected chi connectivity index (χ0v) is 12.9. The number of hydrogen-bond donors (Lipinski definition) is 0. The van der Waals surface area contributed by atoms with E-state index in [9.17, 15) is 4.79 Å². The van der Waals surface area contributed by atoms with Gasteiger partial charge in [-0.25, -0.2) is 0 Å². The van der Waals surface area contributed by atoms with Crippen LogP contribution in [-0.2, 0) is 11.8 Å². The second kappa shape index (κ2) is 5.29. The summed E-state index contributed by atoms with van der Waals surface area (Å²) >= 11 is 1.58. The molecule has 19 heavy (non-hydrogen) atoms. The summed E-state index contributed by atoms with van der Waals surface area (Å²) in [5.74, 6) is 0.386. The summed E-state index contributed by atoms with van der Waals surface area (Å²) in [5, 5.41) is 0. The van der Waals surface area contributed by atoms with E-state index in [1.165, 1.54) is 10.3 Å². The first kappa shape index (κ1) is 14.0. The topological polar surface area (TPSA) is 34.4 Å². The monoisotopic (exact) mass is 276 g/mol. The lowest BCUT2D eigenvalue weighted by molar-refractivity contribution is -0.120. The molecule has 2 aromatic rings. The van der Waals surface area contributed by atoms with Gasteiger partial charge in [0.2, 0.25) is 0 Å². The molecule has 1 amide bonds. The highest BCUT2D eigenvalue weighted by molar-refractivity contribution is 7.16. The van der Waals surface area contributed by atoms with Crippen LogP contribution in [0.2, 0.25) is 0 Å². The number of amides is 1. The van der Waals surface area contributed by atoms with Crippen LogP contribution in [0.1, 0.15) is 39.2 Å². The Kier molecular flexibility index (Phi) is 3.90. The van der Waals surface area contributed by atoms with Crippen LogP contribution >= 0.6 is 11.3 Å². The zero-order chi connectivity index (χ0) is 14.2. The van der Waals surface area contributed by atoms with Gasteiger partial charge in [-0.05, 0) is 23.6 Å². The van der Waals surface area contributed by atoms with Crippen molar-refractivity contribution in [3.63, 3.8) is 0 Å². The summed E-state index contributed by atoms with van der Waals surface area (Å²) in [7, 11) is 1.96. The van der Waals surface area contributed by atoms with E-state index in [0.29, 0.717) is 5.92 Å². The first-order valence-electron chi connectivity index (χ1n) is 6.58. The van der Waals surface area contributed by atoms with Crippen LogP contribution < -0.4 is 4.80 Å². The van der Waals surface area contributed by atoms with Crippen LogP contribution in [0.4, 0.5) is 0 Å². The highest BCUT2D eigenvalue weighted by Gasteiger charge is 2.09. The van der Waals surface area contributed by atoms with Crippen molar-refractivity contribution < 1.29 is 4.79 Å². The number of carbonyl (C=O) groups is 1. The first-order chi connectivity index (χ1) is 8.90. The average Bonchev–Trinajstić information content (AvgIpc) is 2.65. The van der Waals surface area contributed by atoms with Crippen molar-refractivity contribution in [1.29, 1.82) is 0 Å². The van der Waals surface area contributed by atoms with Crippen LogP contribution in [0.5, 0.6) is 0 Å². The van der Waals surface area contributed by atoms with Gasteiger partial charge in [0.25, 0.3) is 5.91 Å². The number of carbonyl (C=O) groups excluding carboxylic acids is 1. The Hall–Kier alpha value is -1.42. The lowest BCUT2D eigenvalue weighted by Crippen LogP contribution is -2.15. The Morgan fingerprint density at radius 1 is 1.26 bits per heavy atom. The Bertz CT molecular complexity index is 677. The molecule has 0 spiro atoms. The van der Waals surface area contributed by atoms with Crippen molar-refractivity contribution in [2.45, 2.75) is 33.6 Å². The highest BCUT2D eigenvalue weighted by Crippen LogP contribution is 2.22. The molecule has 3 nitrogen and oxygen atoms in total. The molecular weight excluding hydrogens is 256 g/mol. The molecule has 0 aliphatic carbocycles. The summed E-state index contributed by atoms with van der Waals surface area (Å²) in [4.78, 5) is 16.7. The minimum Gasteiger partial charge on any atom is -0.319 e. The molecule has 0 fully saturated rings. The predicted molar refractivity (Wildman–Crippen MR) is 80.3 cm³/mol. The Labute approximate surface area is 117 Å². The maximum absolute atomic E-state index is 11.7. The number of aryl methyl sites for hydroxylation is 1. The summed E-state index contributed by atoms with van der Waals surface area (Å²) < 4.78 is 3.17. The largest absolute Gasteiger partial charge is 0.319 e. The van der Waals surface area contributed by atoms with Crippen LogP contribution in [0, 0.1) is 5.92 Å². The summed E-state index contributed by atoms with van der Waals surface area (Å²) in [6, 6.07) is 6.46. The van der Waals surface area contributed by atoms with Gasteiger partial charge in [0.15, 0.2) is 4.80 Å². The van der Waals surface area contributed by atoms with E-state index in [1.54, 1.807) is 11.3 Å². The van der Waals surface area contributed by atoms with Gasteiger partial charge in [0.1, 0.15) is 0 Å². The lowest BCUT2D eigenvalue weighted by atomic mass is 10.0. The molecule has 0 bridgehead atoms. The van der Waals surface area contributed by atoms with Gasteiger partial charge in [-0.15, -0.1) is 0 Å². The number of benzene rings is 1. The van der Waals surface area contributed by atoms with Gasteiger partial charge in [-0.3, -0.25) is 4.79 Å². The molecule has 0 aliphatic rings. The molecule has 102 valence electrons. The summed E-state index contributed by atoms with van der Waals surface area (Å²) in [6.07, 6.45) is 0. The fraction of sp³-hybridized carbons (Fsp3) is 0.467. The second-order valence-electron chi connectivity index (χ2n) is 5.43. The molecule has 2 rings (SSSR count). The Balaban J connectivity index is 2.59. The number of fused-ring (bicyclic) bond motifs is 1. The average molecular weight is 276 g/mol. The van der Waals surface area contributed by atoms with Crippen LogP contribution in [-0.4, -0.2) is 10.5 Å². The van der Waals surface area contributed by atoms with Gasteiger partial charge >= 0.3 is 0 Å². The number of thiazole rings is 1. The van der Waals surface area contributed by atoms with Gasteiger partial charge in [-0.2, -0.15) is 4.99 Å². The molecule has 0 radical (unpaired) electrons. The molecule has 1 heterocycles. The van der Waals surface area contributed by atoms with Crippen molar-refractivity contribution in [1.82, 2.24) is 4.57 Å². The third-order valence-corrected chi connectivity index (χ3v) is 4.29. The van der Waals surface area contributed by atoms with E-state index < -0.39 is 0 Å². The van der Waals surface area contributed by atoms with E-state index in [2.05, 4.69) is 37.0 Å². The fourth-order valence-electron chi connectivity index (χ4n) is 1.84. The Morgan fingerprint density at radius 3 is 2.53 bits per heavy atom. The summed E-state index contributed by atoms with van der Waals surface area (Å²) in [6.45, 7) is 8.11. The maximum Gasteiger partial charge on any atom is 0.250 e. The first-order valence-corrected chi connectivity index (χ1v) is 7.40. The van der Waals surface area contributed by atoms with Crippen LogP contribution in [0.25, 0.3) is 10.2 Å². The maximum atomic E-state index is 11.7. The van der Waals surface area contributed by atoms with Gasteiger partial charge in [-0.1, -0.05) is 45.1 Å². The number of rotatable bonds is 2. The highest BCUT2D eigenvalue weighted by atomic mass is 32.1. The normalized spacial score (nSPS) is 12.9. The fourth-order valence-corrected chi connectivity index (χ4v) is 2.91. The van der Waals surface area contributed by atoms with Gasteiger partial charge in [0.05, 0.1) is 10.2 Å². The quantitative estimate of drug-likeness (QED) is 0.827. The lowest BCUT2D eigenvalue weighted by Gasteiger charge is -2.04. The molecular formula is C15H20N2OS. The summed E-state index contributed by atoms with van der Waals surface area (Å²) in [5.41, 5.74) is 2.45. The zero-order valence-electron chi connectivity index (χ0n) is 12.1. The van der Waals surface area contributed by atoms with Crippen molar-refractivity contribution in [2.75, 3.05) is 0 Å². The van der Waals surface area contributed by atoms with E-state index in [1.807, 2.05) is 25.5 Å². The van der Waals surface area contributed by atoms with Crippen molar-refractivity contribution in [2.24, 2.45) is 18.0 Å². The standard InChI is InChI=1S/C15H20N2OS/c1-9(2)11-6-7-12-13(8-11)19-15(17(12)5)16-14(18)10(3)4/h6-10H,1-5H3. The van der Waals surface area contributed by atoms with Crippen LogP contribution in [0.15, 0.2) is 23.2 Å².